The molecule has 0 heteroatoms. The topological polar surface area (TPSA) is 0 Å². The van der Waals surface area contributed by atoms with Gasteiger partial charge in [0.05, 0.1) is 0 Å². The Kier molecular flexibility index (Phi) is 2.79. The molecule has 3 saturated carbocycles. The minimum Gasteiger partial charge on any atom is -0.0625 e. The molecule has 3 aliphatic rings. The van der Waals surface area contributed by atoms with Gasteiger partial charge in [0.2, 0.25) is 0 Å². The molecular weight excluding hydrogens is 180 g/mol. The molecule has 0 aromatic rings. The van der Waals surface area contributed by atoms with Gasteiger partial charge in [-0.15, -0.1) is 0 Å². The first-order chi connectivity index (χ1) is 7.34. The second kappa shape index (κ2) is 4.11. The summed E-state index contributed by atoms with van der Waals surface area (Å²) >= 11 is 0. The van der Waals surface area contributed by atoms with Crippen molar-refractivity contribution in [2.75, 3.05) is 0 Å². The van der Waals surface area contributed by atoms with E-state index in [1.165, 1.54) is 12.8 Å². The average molecular weight is 206 g/mol. The molecule has 5 atom stereocenters. The molecule has 0 N–H and O–H groups in total. The minimum absolute atomic E-state index is 1.03. The van der Waals surface area contributed by atoms with E-state index in [-0.39, 0.29) is 0 Å². The van der Waals surface area contributed by atoms with E-state index in [4.69, 9.17) is 0 Å². The molecule has 3 rings (SSSR count). The van der Waals surface area contributed by atoms with E-state index in [1.807, 2.05) is 0 Å². The first-order valence-electron chi connectivity index (χ1n) is 7.34. The maximum Gasteiger partial charge on any atom is -0.0355 e. The van der Waals surface area contributed by atoms with Crippen LogP contribution in [-0.2, 0) is 0 Å². The molecule has 0 aliphatic heterocycles. The third-order valence-electron chi connectivity index (χ3n) is 5.73. The first-order valence-corrected chi connectivity index (χ1v) is 7.34. The van der Waals surface area contributed by atoms with Gasteiger partial charge in [0.1, 0.15) is 0 Å². The number of fused-ring (bicyclic) bond motifs is 3. The average Bonchev–Trinajstić information content (AvgIpc) is 2.28. The molecule has 0 amide bonds. The fourth-order valence-electron chi connectivity index (χ4n) is 5.00. The normalized spacial score (nSPS) is 50.6. The van der Waals surface area contributed by atoms with Crippen LogP contribution in [0.1, 0.15) is 64.7 Å². The van der Waals surface area contributed by atoms with Crippen molar-refractivity contribution in [2.24, 2.45) is 29.6 Å². The van der Waals surface area contributed by atoms with Crippen LogP contribution in [0.3, 0.4) is 0 Å². The molecule has 0 spiro atoms. The highest BCUT2D eigenvalue weighted by atomic mass is 14.5. The van der Waals surface area contributed by atoms with E-state index in [0.717, 1.165) is 29.6 Å². The lowest BCUT2D eigenvalue weighted by atomic mass is 9.57. The largest absolute Gasteiger partial charge is 0.0625 e. The monoisotopic (exact) mass is 206 g/mol. The Morgan fingerprint density at radius 1 is 0.667 bits per heavy atom. The summed E-state index contributed by atoms with van der Waals surface area (Å²) in [5, 5.41) is 0. The van der Waals surface area contributed by atoms with Gasteiger partial charge < -0.3 is 0 Å². The molecule has 0 radical (unpaired) electrons. The Labute approximate surface area is 94.8 Å². The maximum atomic E-state index is 2.48. The van der Waals surface area contributed by atoms with Gasteiger partial charge in [-0.2, -0.15) is 0 Å². The van der Waals surface area contributed by atoms with Crippen LogP contribution in [0.15, 0.2) is 0 Å². The van der Waals surface area contributed by atoms with Crippen molar-refractivity contribution in [3.8, 4) is 0 Å². The Hall–Kier alpha value is 0. The van der Waals surface area contributed by atoms with Crippen LogP contribution in [-0.4, -0.2) is 0 Å². The summed E-state index contributed by atoms with van der Waals surface area (Å²) < 4.78 is 0. The van der Waals surface area contributed by atoms with Gasteiger partial charge in [-0.1, -0.05) is 32.6 Å². The summed E-state index contributed by atoms with van der Waals surface area (Å²) in [5.74, 6) is 5.62. The zero-order valence-electron chi connectivity index (χ0n) is 10.3. The molecule has 3 fully saturated rings. The Bertz CT molecular complexity index is 220. The van der Waals surface area contributed by atoms with Gasteiger partial charge in [-0.25, -0.2) is 0 Å². The van der Waals surface area contributed by atoms with E-state index in [2.05, 4.69) is 6.92 Å². The van der Waals surface area contributed by atoms with Crippen LogP contribution in [0.4, 0.5) is 0 Å². The highest BCUT2D eigenvalue weighted by Crippen LogP contribution is 2.52. The van der Waals surface area contributed by atoms with E-state index in [1.54, 1.807) is 44.9 Å². The molecule has 0 nitrogen and oxygen atoms in total. The first kappa shape index (κ1) is 10.2. The summed E-state index contributed by atoms with van der Waals surface area (Å²) in [6, 6.07) is 0. The molecule has 0 unspecified atom stereocenters. The molecule has 86 valence electrons. The van der Waals surface area contributed by atoms with Crippen molar-refractivity contribution >= 4 is 0 Å². The van der Waals surface area contributed by atoms with Gasteiger partial charge in [-0.05, 0) is 61.7 Å². The van der Waals surface area contributed by atoms with Crippen LogP contribution in [0.2, 0.25) is 0 Å². The number of hydrogen-bond donors (Lipinski definition) is 0. The summed E-state index contributed by atoms with van der Waals surface area (Å²) in [4.78, 5) is 0. The van der Waals surface area contributed by atoms with Crippen LogP contribution in [0, 0.1) is 29.6 Å². The summed E-state index contributed by atoms with van der Waals surface area (Å²) in [6.07, 6.45) is 14.1. The molecule has 0 aromatic carbocycles. The molecule has 3 aliphatic carbocycles. The third-order valence-corrected chi connectivity index (χ3v) is 5.73. The van der Waals surface area contributed by atoms with Crippen molar-refractivity contribution in [3.63, 3.8) is 0 Å². The fraction of sp³-hybridized carbons (Fsp3) is 1.00. The van der Waals surface area contributed by atoms with Crippen LogP contribution >= 0.6 is 0 Å². The van der Waals surface area contributed by atoms with Gasteiger partial charge in [-0.3, -0.25) is 0 Å². The molecule has 15 heavy (non-hydrogen) atoms. The highest BCUT2D eigenvalue weighted by Gasteiger charge is 2.41. The quantitative estimate of drug-likeness (QED) is 0.541. The zero-order chi connectivity index (χ0) is 10.3. The van der Waals surface area contributed by atoms with Crippen molar-refractivity contribution in [1.29, 1.82) is 0 Å². The maximum absolute atomic E-state index is 2.48. The summed E-state index contributed by atoms with van der Waals surface area (Å²) in [5.41, 5.74) is 0. The predicted molar refractivity (Wildman–Crippen MR) is 64.7 cm³/mol. The number of hydrogen-bond acceptors (Lipinski definition) is 0. The highest BCUT2D eigenvalue weighted by molar-refractivity contribution is 4.92. The fourth-order valence-corrected chi connectivity index (χ4v) is 5.00. The molecule has 0 aromatic heterocycles. The van der Waals surface area contributed by atoms with E-state index in [9.17, 15) is 0 Å². The Morgan fingerprint density at radius 2 is 1.40 bits per heavy atom. The van der Waals surface area contributed by atoms with Crippen molar-refractivity contribution < 1.29 is 0 Å². The van der Waals surface area contributed by atoms with E-state index in [0.29, 0.717) is 0 Å². The van der Waals surface area contributed by atoms with Crippen LogP contribution in [0.25, 0.3) is 0 Å². The number of rotatable bonds is 0. The summed E-state index contributed by atoms with van der Waals surface area (Å²) in [7, 11) is 0. The Morgan fingerprint density at radius 3 is 2.33 bits per heavy atom. The van der Waals surface area contributed by atoms with E-state index < -0.39 is 0 Å². The zero-order valence-corrected chi connectivity index (χ0v) is 10.3. The van der Waals surface area contributed by atoms with Crippen molar-refractivity contribution in [2.45, 2.75) is 64.7 Å². The molecular formula is C15H26. The summed E-state index contributed by atoms with van der Waals surface area (Å²) in [6.45, 7) is 2.48. The second-order valence-electron chi connectivity index (χ2n) is 6.63. The minimum atomic E-state index is 1.03. The lowest BCUT2D eigenvalue weighted by Crippen LogP contribution is -2.39. The second-order valence-corrected chi connectivity index (χ2v) is 6.63. The SMILES string of the molecule is C[C@@H]1CC[C@@H]2[C@H](CC[C@H]3CCCC[C@@H]32)C1. The smallest absolute Gasteiger partial charge is 0.0355 e. The van der Waals surface area contributed by atoms with E-state index >= 15 is 0 Å². The van der Waals surface area contributed by atoms with Crippen LogP contribution < -0.4 is 0 Å². The third kappa shape index (κ3) is 1.85. The molecule has 0 bridgehead atoms. The van der Waals surface area contributed by atoms with Crippen molar-refractivity contribution in [1.82, 2.24) is 0 Å². The predicted octanol–water partition coefficient (Wildman–Crippen LogP) is 4.64. The Balaban J connectivity index is 1.72. The van der Waals surface area contributed by atoms with Crippen LogP contribution in [0.5, 0.6) is 0 Å². The van der Waals surface area contributed by atoms with Gasteiger partial charge in [0.15, 0.2) is 0 Å². The standard InChI is InChI=1S/C15H26/c1-11-6-9-15-13(10-11)8-7-12-4-2-3-5-14(12)15/h11-15H,2-10H2,1H3/t11-,12-,13-,14+,15-/m1/s1. The molecule has 0 saturated heterocycles. The van der Waals surface area contributed by atoms with Gasteiger partial charge in [0.25, 0.3) is 0 Å². The van der Waals surface area contributed by atoms with Gasteiger partial charge in [0, 0.05) is 0 Å². The lowest BCUT2D eigenvalue weighted by Gasteiger charge is -2.49. The molecule has 0 heterocycles. The van der Waals surface area contributed by atoms with Gasteiger partial charge >= 0.3 is 0 Å². The lowest BCUT2D eigenvalue weighted by molar-refractivity contribution is 0.0144. The van der Waals surface area contributed by atoms with Crippen molar-refractivity contribution in [3.05, 3.63) is 0 Å².